The van der Waals surface area contributed by atoms with E-state index in [2.05, 4.69) is 29.4 Å². The van der Waals surface area contributed by atoms with Gasteiger partial charge in [0.15, 0.2) is 0 Å². The third kappa shape index (κ3) is 3.10. The second kappa shape index (κ2) is 6.63. The van der Waals surface area contributed by atoms with E-state index in [9.17, 15) is 4.79 Å². The Hall–Kier alpha value is -2.47. The van der Waals surface area contributed by atoms with Crippen molar-refractivity contribution in [2.75, 3.05) is 24.5 Å². The average molecular weight is 266 g/mol. The predicted molar refractivity (Wildman–Crippen MR) is 83.7 cm³/mol. The van der Waals surface area contributed by atoms with Gasteiger partial charge in [-0.25, -0.2) is 0 Å². The number of amides is 1. The first kappa shape index (κ1) is 14.0. The van der Waals surface area contributed by atoms with Gasteiger partial charge in [-0.3, -0.25) is 4.79 Å². The number of benzene rings is 2. The highest BCUT2D eigenvalue weighted by atomic mass is 16.2. The fourth-order valence-electron chi connectivity index (χ4n) is 2.23. The summed E-state index contributed by atoms with van der Waals surface area (Å²) in [5, 5.41) is 5.03. The molecule has 2 aromatic rings. The SMILES string of the molecule is C#CCNC(=O)CN(CC)c1cccc2ccccc12. The highest BCUT2D eigenvalue weighted by Crippen LogP contribution is 2.26. The Balaban J connectivity index is 2.26. The van der Waals surface area contributed by atoms with Crippen molar-refractivity contribution in [1.29, 1.82) is 0 Å². The van der Waals surface area contributed by atoms with E-state index in [4.69, 9.17) is 6.42 Å². The molecule has 0 unspecified atom stereocenters. The molecule has 0 bridgehead atoms. The number of nitrogens with zero attached hydrogens (tertiary/aromatic N) is 1. The zero-order valence-electron chi connectivity index (χ0n) is 11.6. The average Bonchev–Trinajstić information content (AvgIpc) is 2.50. The van der Waals surface area contributed by atoms with Crippen LogP contribution in [-0.2, 0) is 4.79 Å². The molecule has 0 aliphatic heterocycles. The molecule has 0 radical (unpaired) electrons. The lowest BCUT2D eigenvalue weighted by Gasteiger charge is -2.24. The molecule has 0 saturated heterocycles. The van der Waals surface area contributed by atoms with Crippen molar-refractivity contribution in [3.8, 4) is 12.3 Å². The van der Waals surface area contributed by atoms with Gasteiger partial charge in [-0.15, -0.1) is 6.42 Å². The maximum atomic E-state index is 11.8. The first-order valence-electron chi connectivity index (χ1n) is 6.69. The van der Waals surface area contributed by atoms with Crippen molar-refractivity contribution in [2.45, 2.75) is 6.92 Å². The fourth-order valence-corrected chi connectivity index (χ4v) is 2.23. The van der Waals surface area contributed by atoms with Crippen LogP contribution in [0.25, 0.3) is 10.8 Å². The van der Waals surface area contributed by atoms with Gasteiger partial charge in [0.2, 0.25) is 5.91 Å². The minimum absolute atomic E-state index is 0.0577. The lowest BCUT2D eigenvalue weighted by Crippen LogP contribution is -2.37. The molecule has 102 valence electrons. The van der Waals surface area contributed by atoms with E-state index in [0.29, 0.717) is 6.54 Å². The zero-order valence-corrected chi connectivity index (χ0v) is 11.6. The Morgan fingerprint density at radius 2 is 2.00 bits per heavy atom. The number of rotatable bonds is 5. The van der Waals surface area contributed by atoms with Crippen LogP contribution < -0.4 is 10.2 Å². The van der Waals surface area contributed by atoms with Crippen molar-refractivity contribution < 1.29 is 4.79 Å². The second-order valence-corrected chi connectivity index (χ2v) is 4.49. The number of carbonyl (C=O) groups excluding carboxylic acids is 1. The van der Waals surface area contributed by atoms with Gasteiger partial charge in [-0.05, 0) is 18.4 Å². The van der Waals surface area contributed by atoms with Crippen molar-refractivity contribution >= 4 is 22.4 Å². The Bertz CT molecular complexity index is 637. The van der Waals surface area contributed by atoms with Gasteiger partial charge in [0.25, 0.3) is 0 Å². The van der Waals surface area contributed by atoms with E-state index in [1.807, 2.05) is 36.1 Å². The Morgan fingerprint density at radius 1 is 1.25 bits per heavy atom. The first-order valence-corrected chi connectivity index (χ1v) is 6.69. The third-order valence-corrected chi connectivity index (χ3v) is 3.21. The Kier molecular flexibility index (Phi) is 4.62. The summed E-state index contributed by atoms with van der Waals surface area (Å²) in [6, 6.07) is 14.3. The molecule has 0 heterocycles. The molecule has 2 aromatic carbocycles. The number of fused-ring (bicyclic) bond motifs is 1. The van der Waals surface area contributed by atoms with E-state index >= 15 is 0 Å². The highest BCUT2D eigenvalue weighted by Gasteiger charge is 2.11. The number of anilines is 1. The smallest absolute Gasteiger partial charge is 0.240 e. The molecule has 2 rings (SSSR count). The maximum absolute atomic E-state index is 11.8. The minimum Gasteiger partial charge on any atom is -0.362 e. The number of terminal acetylenes is 1. The first-order chi connectivity index (χ1) is 9.76. The Morgan fingerprint density at radius 3 is 2.75 bits per heavy atom. The van der Waals surface area contributed by atoms with Crippen molar-refractivity contribution in [1.82, 2.24) is 5.32 Å². The quantitative estimate of drug-likeness (QED) is 0.843. The number of hydrogen-bond acceptors (Lipinski definition) is 2. The molecule has 0 spiro atoms. The molecule has 0 aromatic heterocycles. The zero-order chi connectivity index (χ0) is 14.4. The summed E-state index contributed by atoms with van der Waals surface area (Å²) in [7, 11) is 0. The Labute approximate surface area is 119 Å². The van der Waals surface area contributed by atoms with Crippen LogP contribution in [0.3, 0.4) is 0 Å². The molecule has 0 saturated carbocycles. The van der Waals surface area contributed by atoms with Crippen LogP contribution in [-0.4, -0.2) is 25.5 Å². The van der Waals surface area contributed by atoms with Gasteiger partial charge >= 0.3 is 0 Å². The second-order valence-electron chi connectivity index (χ2n) is 4.49. The molecular weight excluding hydrogens is 248 g/mol. The number of carbonyl (C=O) groups is 1. The standard InChI is InChI=1S/C17H18N2O/c1-3-12-18-17(20)13-19(4-2)16-11-7-9-14-8-5-6-10-15(14)16/h1,5-11H,4,12-13H2,2H3,(H,18,20). The molecule has 1 amide bonds. The van der Waals surface area contributed by atoms with Gasteiger partial charge in [0.05, 0.1) is 13.1 Å². The summed E-state index contributed by atoms with van der Waals surface area (Å²) >= 11 is 0. The van der Waals surface area contributed by atoms with Crippen LogP contribution in [0, 0.1) is 12.3 Å². The van der Waals surface area contributed by atoms with Crippen LogP contribution >= 0.6 is 0 Å². The van der Waals surface area contributed by atoms with Crippen molar-refractivity contribution in [3.63, 3.8) is 0 Å². The summed E-state index contributed by atoms with van der Waals surface area (Å²) in [6.07, 6.45) is 5.15. The maximum Gasteiger partial charge on any atom is 0.240 e. The predicted octanol–water partition coefficient (Wildman–Crippen LogP) is 2.42. The van der Waals surface area contributed by atoms with Crippen molar-refractivity contribution in [2.24, 2.45) is 0 Å². The summed E-state index contributed by atoms with van der Waals surface area (Å²) in [5.41, 5.74) is 1.07. The van der Waals surface area contributed by atoms with E-state index < -0.39 is 0 Å². The monoisotopic (exact) mass is 266 g/mol. The van der Waals surface area contributed by atoms with E-state index in [-0.39, 0.29) is 12.5 Å². The summed E-state index contributed by atoms with van der Waals surface area (Å²) in [4.78, 5) is 13.9. The van der Waals surface area contributed by atoms with E-state index in [1.54, 1.807) is 0 Å². The molecule has 3 nitrogen and oxygen atoms in total. The lowest BCUT2D eigenvalue weighted by molar-refractivity contribution is -0.119. The highest BCUT2D eigenvalue weighted by molar-refractivity contribution is 5.95. The van der Waals surface area contributed by atoms with Crippen LogP contribution in [0.2, 0.25) is 0 Å². The molecule has 1 N–H and O–H groups in total. The number of hydrogen-bond donors (Lipinski definition) is 1. The summed E-state index contributed by atoms with van der Waals surface area (Å²) in [6.45, 7) is 3.38. The van der Waals surface area contributed by atoms with Gasteiger partial charge in [0.1, 0.15) is 0 Å². The molecule has 0 atom stereocenters. The normalized spacial score (nSPS) is 10.0. The van der Waals surface area contributed by atoms with Crippen LogP contribution in [0.4, 0.5) is 5.69 Å². The molecule has 20 heavy (non-hydrogen) atoms. The number of nitrogens with one attached hydrogen (secondary N) is 1. The molecule has 0 aliphatic carbocycles. The third-order valence-electron chi connectivity index (χ3n) is 3.21. The number of likely N-dealkylation sites (N-methyl/N-ethyl adjacent to an activating group) is 1. The topological polar surface area (TPSA) is 32.3 Å². The molecule has 0 aliphatic rings. The van der Waals surface area contributed by atoms with Gasteiger partial charge < -0.3 is 10.2 Å². The van der Waals surface area contributed by atoms with Crippen LogP contribution in [0.5, 0.6) is 0 Å². The van der Waals surface area contributed by atoms with Gasteiger partial charge in [-0.2, -0.15) is 0 Å². The fraction of sp³-hybridized carbons (Fsp3) is 0.235. The summed E-state index contributed by atoms with van der Waals surface area (Å²) in [5.74, 6) is 2.35. The molecule has 3 heteroatoms. The van der Waals surface area contributed by atoms with Gasteiger partial charge in [0, 0.05) is 17.6 Å². The van der Waals surface area contributed by atoms with Crippen LogP contribution in [0.1, 0.15) is 6.92 Å². The molecular formula is C17H18N2O. The van der Waals surface area contributed by atoms with E-state index in [1.165, 1.54) is 5.39 Å². The largest absolute Gasteiger partial charge is 0.362 e. The summed E-state index contributed by atoms with van der Waals surface area (Å²) < 4.78 is 0. The van der Waals surface area contributed by atoms with Crippen LogP contribution in [0.15, 0.2) is 42.5 Å². The lowest BCUT2D eigenvalue weighted by atomic mass is 10.1. The minimum atomic E-state index is -0.0577. The van der Waals surface area contributed by atoms with Crippen molar-refractivity contribution in [3.05, 3.63) is 42.5 Å². The van der Waals surface area contributed by atoms with E-state index in [0.717, 1.165) is 17.6 Å². The van der Waals surface area contributed by atoms with Gasteiger partial charge in [-0.1, -0.05) is 42.3 Å². The molecule has 0 fully saturated rings.